The molecular weight excluding hydrogens is 333 g/mol. The van der Waals surface area contributed by atoms with Crippen molar-refractivity contribution in [2.45, 2.75) is 6.92 Å². The fourth-order valence-electron chi connectivity index (χ4n) is 3.28. The van der Waals surface area contributed by atoms with Gasteiger partial charge >= 0.3 is 0 Å². The molecule has 2 aromatic carbocycles. The lowest BCUT2D eigenvalue weighted by Gasteiger charge is -2.35. The molecule has 1 aliphatic rings. The summed E-state index contributed by atoms with van der Waals surface area (Å²) in [6.45, 7) is 2.87. The van der Waals surface area contributed by atoms with Crippen molar-refractivity contribution in [3.8, 4) is 11.3 Å². The fourth-order valence-corrected chi connectivity index (χ4v) is 3.28. The van der Waals surface area contributed by atoms with Gasteiger partial charge in [0.05, 0.1) is 17.1 Å². The van der Waals surface area contributed by atoms with Gasteiger partial charge in [-0.2, -0.15) is 0 Å². The van der Waals surface area contributed by atoms with E-state index in [1.54, 1.807) is 17.9 Å². The van der Waals surface area contributed by atoms with Crippen molar-refractivity contribution in [1.82, 2.24) is 5.16 Å². The lowest BCUT2D eigenvalue weighted by atomic mass is 10.0. The van der Waals surface area contributed by atoms with Crippen LogP contribution in [0.3, 0.4) is 0 Å². The van der Waals surface area contributed by atoms with E-state index in [0.29, 0.717) is 35.8 Å². The number of fused-ring (bicyclic) bond motifs is 1. The third-order valence-electron chi connectivity index (χ3n) is 4.66. The first-order valence-electron chi connectivity index (χ1n) is 8.40. The number of carbonyl (C=O) groups is 1. The molecule has 4 rings (SSSR count). The van der Waals surface area contributed by atoms with Gasteiger partial charge in [-0.1, -0.05) is 35.5 Å². The van der Waals surface area contributed by atoms with Gasteiger partial charge in [-0.25, -0.2) is 4.39 Å². The Morgan fingerprint density at radius 1 is 1.12 bits per heavy atom. The maximum absolute atomic E-state index is 13.8. The number of aromatic nitrogens is 1. The van der Waals surface area contributed by atoms with Crippen LogP contribution in [-0.4, -0.2) is 31.2 Å². The Hall–Kier alpha value is -3.15. The van der Waals surface area contributed by atoms with Crippen molar-refractivity contribution in [1.29, 1.82) is 0 Å². The van der Waals surface area contributed by atoms with Crippen molar-refractivity contribution in [2.24, 2.45) is 0 Å². The molecular formula is C20H18FN3O2. The van der Waals surface area contributed by atoms with Gasteiger partial charge in [0.1, 0.15) is 11.4 Å². The third-order valence-corrected chi connectivity index (χ3v) is 4.66. The van der Waals surface area contributed by atoms with Crippen LogP contribution in [-0.2, 0) is 0 Å². The Kier molecular flexibility index (Phi) is 3.95. The number of benzene rings is 2. The molecule has 5 nitrogen and oxygen atoms in total. The molecule has 132 valence electrons. The molecule has 0 fully saturated rings. The Balaban J connectivity index is 1.80. The first-order valence-corrected chi connectivity index (χ1v) is 8.40. The van der Waals surface area contributed by atoms with Crippen molar-refractivity contribution in [2.75, 3.05) is 29.9 Å². The molecule has 6 heteroatoms. The molecule has 26 heavy (non-hydrogen) atoms. The zero-order valence-electron chi connectivity index (χ0n) is 14.6. The molecule has 1 amide bonds. The van der Waals surface area contributed by atoms with Crippen LogP contribution < -0.4 is 9.80 Å². The van der Waals surface area contributed by atoms with Gasteiger partial charge in [0.15, 0.2) is 5.76 Å². The standard InChI is InChI=1S/C20H18FN3O2/c1-13-18(19(26-22-13)14-6-4-3-5-7-14)20(25)24-11-10-23(2)16-9-8-15(21)12-17(16)24/h3-9,12H,10-11H2,1-2H3. The summed E-state index contributed by atoms with van der Waals surface area (Å²) in [6.07, 6.45) is 0. The summed E-state index contributed by atoms with van der Waals surface area (Å²) in [6, 6.07) is 13.9. The summed E-state index contributed by atoms with van der Waals surface area (Å²) in [5.41, 5.74) is 3.09. The zero-order valence-corrected chi connectivity index (χ0v) is 14.6. The molecule has 0 saturated heterocycles. The summed E-state index contributed by atoms with van der Waals surface area (Å²) in [4.78, 5) is 17.0. The van der Waals surface area contributed by atoms with Crippen molar-refractivity contribution >= 4 is 17.3 Å². The summed E-state index contributed by atoms with van der Waals surface area (Å²) in [5, 5.41) is 3.99. The van der Waals surface area contributed by atoms with E-state index in [-0.39, 0.29) is 11.7 Å². The van der Waals surface area contributed by atoms with Gasteiger partial charge in [0.2, 0.25) is 0 Å². The minimum absolute atomic E-state index is 0.234. The molecule has 0 radical (unpaired) electrons. The van der Waals surface area contributed by atoms with E-state index >= 15 is 0 Å². The largest absolute Gasteiger partial charge is 0.371 e. The van der Waals surface area contributed by atoms with Crippen LogP contribution in [0, 0.1) is 12.7 Å². The molecule has 3 aromatic rings. The average Bonchev–Trinajstić information content (AvgIpc) is 3.03. The molecule has 0 N–H and O–H groups in total. The number of hydrogen-bond acceptors (Lipinski definition) is 4. The van der Waals surface area contributed by atoms with Crippen LogP contribution in [0.4, 0.5) is 15.8 Å². The number of rotatable bonds is 2. The SMILES string of the molecule is Cc1noc(-c2ccccc2)c1C(=O)N1CCN(C)c2ccc(F)cc21. The summed E-state index contributed by atoms with van der Waals surface area (Å²) in [5.74, 6) is -0.172. The van der Waals surface area contributed by atoms with Crippen molar-refractivity contribution in [3.63, 3.8) is 0 Å². The van der Waals surface area contributed by atoms with E-state index in [1.165, 1.54) is 12.1 Å². The van der Waals surface area contributed by atoms with Crippen LogP contribution >= 0.6 is 0 Å². The highest BCUT2D eigenvalue weighted by Crippen LogP contribution is 2.35. The number of amides is 1. The minimum Gasteiger partial charge on any atom is -0.371 e. The molecule has 0 aliphatic carbocycles. The number of halogens is 1. The number of aryl methyl sites for hydroxylation is 1. The van der Waals surface area contributed by atoms with E-state index < -0.39 is 0 Å². The predicted molar refractivity (Wildman–Crippen MR) is 98.0 cm³/mol. The van der Waals surface area contributed by atoms with Gasteiger partial charge in [0.25, 0.3) is 5.91 Å². The zero-order chi connectivity index (χ0) is 18.3. The molecule has 0 unspecified atom stereocenters. The van der Waals surface area contributed by atoms with Crippen LogP contribution in [0.2, 0.25) is 0 Å². The molecule has 0 saturated carbocycles. The molecule has 2 heterocycles. The molecule has 0 bridgehead atoms. The number of anilines is 2. The van der Waals surface area contributed by atoms with Gasteiger partial charge in [0, 0.05) is 25.7 Å². The Morgan fingerprint density at radius 2 is 1.88 bits per heavy atom. The van der Waals surface area contributed by atoms with Gasteiger partial charge < -0.3 is 14.3 Å². The van der Waals surface area contributed by atoms with Crippen molar-refractivity contribution in [3.05, 3.63) is 65.6 Å². The number of hydrogen-bond donors (Lipinski definition) is 0. The van der Waals surface area contributed by atoms with E-state index in [1.807, 2.05) is 42.3 Å². The Morgan fingerprint density at radius 3 is 2.65 bits per heavy atom. The predicted octanol–water partition coefficient (Wildman–Crippen LogP) is 3.89. The summed E-state index contributed by atoms with van der Waals surface area (Å²) in [7, 11) is 1.93. The Bertz CT molecular complexity index is 968. The van der Waals surface area contributed by atoms with Crippen LogP contribution in [0.25, 0.3) is 11.3 Å². The smallest absolute Gasteiger partial charge is 0.264 e. The van der Waals surface area contributed by atoms with Crippen LogP contribution in [0.15, 0.2) is 53.1 Å². The normalized spacial score (nSPS) is 13.7. The summed E-state index contributed by atoms with van der Waals surface area (Å²) >= 11 is 0. The van der Waals surface area contributed by atoms with E-state index in [9.17, 15) is 9.18 Å². The van der Waals surface area contributed by atoms with Gasteiger partial charge in [-0.05, 0) is 25.1 Å². The monoisotopic (exact) mass is 351 g/mol. The molecule has 0 atom stereocenters. The lowest BCUT2D eigenvalue weighted by molar-refractivity contribution is 0.0986. The third kappa shape index (κ3) is 2.63. The quantitative estimate of drug-likeness (QED) is 0.703. The topological polar surface area (TPSA) is 49.6 Å². The highest BCUT2D eigenvalue weighted by Gasteiger charge is 2.31. The van der Waals surface area contributed by atoms with Gasteiger partial charge in [-0.15, -0.1) is 0 Å². The second kappa shape index (κ2) is 6.29. The van der Waals surface area contributed by atoms with Gasteiger partial charge in [-0.3, -0.25) is 4.79 Å². The maximum Gasteiger partial charge on any atom is 0.264 e. The first kappa shape index (κ1) is 16.3. The average molecular weight is 351 g/mol. The van der Waals surface area contributed by atoms with Crippen LogP contribution in [0.5, 0.6) is 0 Å². The van der Waals surface area contributed by atoms with E-state index in [4.69, 9.17) is 4.52 Å². The van der Waals surface area contributed by atoms with Crippen LogP contribution in [0.1, 0.15) is 16.1 Å². The molecule has 1 aromatic heterocycles. The van der Waals surface area contributed by atoms with Crippen molar-refractivity contribution < 1.29 is 13.7 Å². The van der Waals surface area contributed by atoms with E-state index in [2.05, 4.69) is 5.16 Å². The lowest BCUT2D eigenvalue weighted by Crippen LogP contribution is -2.43. The highest BCUT2D eigenvalue weighted by molar-refractivity contribution is 6.11. The first-order chi connectivity index (χ1) is 12.6. The molecule has 0 spiro atoms. The minimum atomic E-state index is -0.373. The molecule has 1 aliphatic heterocycles. The number of carbonyl (C=O) groups excluding carboxylic acids is 1. The number of likely N-dealkylation sites (N-methyl/N-ethyl adjacent to an activating group) is 1. The van der Waals surface area contributed by atoms with E-state index in [0.717, 1.165) is 11.3 Å². The highest BCUT2D eigenvalue weighted by atomic mass is 19.1. The maximum atomic E-state index is 13.8. The number of nitrogens with zero attached hydrogens (tertiary/aromatic N) is 3. The fraction of sp³-hybridized carbons (Fsp3) is 0.200. The second-order valence-corrected chi connectivity index (χ2v) is 6.35. The summed E-state index contributed by atoms with van der Waals surface area (Å²) < 4.78 is 19.3. The second-order valence-electron chi connectivity index (χ2n) is 6.35. The Labute approximate surface area is 150 Å².